The monoisotopic (exact) mass is 1060 g/mol. The molecule has 0 aliphatic rings. The Kier molecular flexibility index (Phi) is 59.0. The Morgan fingerprint density at radius 2 is 0.545 bits per heavy atom. The average molecular weight is 1060 g/mol. The lowest BCUT2D eigenvalue weighted by atomic mass is 10.1. The van der Waals surface area contributed by atoms with Gasteiger partial charge in [-0.2, -0.15) is 0 Å². The van der Waals surface area contributed by atoms with E-state index in [0.29, 0.717) is 19.3 Å². The smallest absolute Gasteiger partial charge is 0.310 e. The molecule has 0 aliphatic carbocycles. The lowest BCUT2D eigenvalue weighted by molar-refractivity contribution is -0.166. The van der Waals surface area contributed by atoms with Crippen LogP contribution in [0.2, 0.25) is 0 Å². The molecule has 0 spiro atoms. The Hall–Kier alpha value is -5.23. The third-order valence-electron chi connectivity index (χ3n) is 12.2. The van der Waals surface area contributed by atoms with Gasteiger partial charge >= 0.3 is 17.9 Å². The Morgan fingerprint density at radius 1 is 0.286 bits per heavy atom. The lowest BCUT2D eigenvalue weighted by Gasteiger charge is -2.18. The second-order valence-electron chi connectivity index (χ2n) is 19.5. The van der Waals surface area contributed by atoms with E-state index in [1.54, 1.807) is 6.08 Å². The quantitative estimate of drug-likeness (QED) is 0.0261. The molecular weight excluding hydrogens is 949 g/mol. The normalized spacial score (nSPS) is 13.3. The maximum atomic E-state index is 12.8. The first kappa shape index (κ1) is 71.8. The van der Waals surface area contributed by atoms with E-state index in [1.165, 1.54) is 44.9 Å². The molecule has 6 heteroatoms. The van der Waals surface area contributed by atoms with Gasteiger partial charge in [-0.15, -0.1) is 0 Å². The molecule has 0 aromatic heterocycles. The lowest BCUT2D eigenvalue weighted by Crippen LogP contribution is -2.30. The van der Waals surface area contributed by atoms with Gasteiger partial charge < -0.3 is 14.2 Å². The van der Waals surface area contributed by atoms with Crippen LogP contribution < -0.4 is 0 Å². The largest absolute Gasteiger partial charge is 0.462 e. The predicted molar refractivity (Wildman–Crippen MR) is 334 cm³/mol. The maximum Gasteiger partial charge on any atom is 0.310 e. The van der Waals surface area contributed by atoms with Crippen molar-refractivity contribution < 1.29 is 28.6 Å². The number of esters is 3. The molecule has 1 atom stereocenters. The van der Waals surface area contributed by atoms with E-state index in [4.69, 9.17) is 14.2 Å². The molecule has 0 heterocycles. The summed E-state index contributed by atoms with van der Waals surface area (Å²) in [5, 5.41) is 0. The first-order valence-corrected chi connectivity index (χ1v) is 30.6. The van der Waals surface area contributed by atoms with Gasteiger partial charge in [0.2, 0.25) is 0 Å². The molecule has 1 unspecified atom stereocenters. The van der Waals surface area contributed by atoms with Crippen LogP contribution in [0.5, 0.6) is 0 Å². The van der Waals surface area contributed by atoms with Crippen molar-refractivity contribution in [3.05, 3.63) is 170 Å². The van der Waals surface area contributed by atoms with Crippen LogP contribution in [0.25, 0.3) is 0 Å². The van der Waals surface area contributed by atoms with Crippen molar-refractivity contribution in [2.45, 2.75) is 245 Å². The first-order valence-electron chi connectivity index (χ1n) is 30.6. The Morgan fingerprint density at radius 3 is 0.857 bits per heavy atom. The summed E-state index contributed by atoms with van der Waals surface area (Å²) in [5.74, 6) is -1.09. The molecule has 0 amide bonds. The summed E-state index contributed by atoms with van der Waals surface area (Å²) in [7, 11) is 0. The Bertz CT molecular complexity index is 1790. The molecule has 0 aliphatic heterocycles. The van der Waals surface area contributed by atoms with E-state index in [2.05, 4.69) is 179 Å². The van der Waals surface area contributed by atoms with Crippen LogP contribution in [0.15, 0.2) is 170 Å². The van der Waals surface area contributed by atoms with Crippen molar-refractivity contribution in [1.82, 2.24) is 0 Å². The van der Waals surface area contributed by atoms with Gasteiger partial charge in [-0.05, 0) is 128 Å². The van der Waals surface area contributed by atoms with Gasteiger partial charge in [-0.3, -0.25) is 14.4 Å². The average Bonchev–Trinajstić information content (AvgIpc) is 3.43. The molecule has 77 heavy (non-hydrogen) atoms. The zero-order valence-electron chi connectivity index (χ0n) is 49.1. The van der Waals surface area contributed by atoms with Crippen LogP contribution in [-0.2, 0) is 28.6 Å². The van der Waals surface area contributed by atoms with Gasteiger partial charge in [0.15, 0.2) is 6.10 Å². The summed E-state index contributed by atoms with van der Waals surface area (Å²) in [6.45, 7) is 6.23. The minimum atomic E-state index is -0.849. The highest BCUT2D eigenvalue weighted by Gasteiger charge is 2.19. The molecular formula is C71H110O6. The van der Waals surface area contributed by atoms with E-state index in [0.717, 1.165) is 148 Å². The second kappa shape index (κ2) is 63.3. The topological polar surface area (TPSA) is 78.9 Å². The summed E-state index contributed by atoms with van der Waals surface area (Å²) >= 11 is 0. The van der Waals surface area contributed by atoms with Crippen LogP contribution in [0.4, 0.5) is 0 Å². The van der Waals surface area contributed by atoms with Gasteiger partial charge in [-0.25, -0.2) is 0 Å². The minimum Gasteiger partial charge on any atom is -0.462 e. The molecule has 0 N–H and O–H groups in total. The minimum absolute atomic E-state index is 0.0847. The Labute approximate surface area is 472 Å². The van der Waals surface area contributed by atoms with E-state index in [-0.39, 0.29) is 31.6 Å². The van der Waals surface area contributed by atoms with Crippen LogP contribution in [0.3, 0.4) is 0 Å². The van der Waals surface area contributed by atoms with Gasteiger partial charge in [0.25, 0.3) is 0 Å². The number of unbranched alkanes of at least 4 members (excludes halogenated alkanes) is 15. The summed E-state index contributed by atoms with van der Waals surface area (Å²) in [4.78, 5) is 38.1. The van der Waals surface area contributed by atoms with Crippen molar-refractivity contribution in [2.75, 3.05) is 13.2 Å². The van der Waals surface area contributed by atoms with E-state index in [9.17, 15) is 14.4 Å². The highest BCUT2D eigenvalue weighted by molar-refractivity contribution is 5.72. The third kappa shape index (κ3) is 61.5. The summed E-state index contributed by atoms with van der Waals surface area (Å²) < 4.78 is 16.7. The van der Waals surface area contributed by atoms with Crippen LogP contribution in [0.1, 0.15) is 239 Å². The van der Waals surface area contributed by atoms with Gasteiger partial charge in [0.05, 0.1) is 6.42 Å². The molecule has 0 aromatic rings. The van der Waals surface area contributed by atoms with Crippen LogP contribution in [-0.4, -0.2) is 37.2 Å². The fourth-order valence-corrected chi connectivity index (χ4v) is 7.71. The van der Waals surface area contributed by atoms with E-state index < -0.39 is 12.1 Å². The molecule has 0 saturated carbocycles. The second-order valence-corrected chi connectivity index (χ2v) is 19.5. The molecule has 0 fully saturated rings. The van der Waals surface area contributed by atoms with Crippen LogP contribution in [0, 0.1) is 0 Å². The molecule has 0 saturated heterocycles. The number of ether oxygens (including phenoxy) is 3. The maximum absolute atomic E-state index is 12.8. The standard InChI is InChI=1S/C71H110O6/c1-4-7-10-13-16-19-22-25-27-28-29-30-31-32-33-34-35-36-37-38-39-40-41-42-44-46-49-52-55-58-61-64-70(73)76-67-68(66-75-69(72)63-60-57-54-51-48-45-24-21-18-15-12-9-6-3)77-71(74)65-62-59-56-53-50-47-43-26-23-20-17-14-11-8-5-2/h7-8,10-12,15-17,19-21,24-27,29-30,32-33,35-36,38-39,43,50,53,59,62,68H,4-6,9,13-14,18,22-23,28,31,34,37,40-42,44-49,51-52,54-58,60-61,63-67H2,1-3H3/b10-7-,11-8-,15-12-,19-16-,20-17-,24-21-,27-25-,30-29-,33-32-,36-35-,39-38-,43-26-,53-50-,62-59-. The van der Waals surface area contributed by atoms with Gasteiger partial charge in [-0.1, -0.05) is 262 Å². The summed E-state index contributed by atoms with van der Waals surface area (Å²) in [6, 6.07) is 0. The Balaban J connectivity index is 4.37. The van der Waals surface area contributed by atoms with E-state index in [1.807, 2.05) is 6.08 Å². The fraction of sp³-hybridized carbons (Fsp3) is 0.563. The van der Waals surface area contributed by atoms with Crippen molar-refractivity contribution >= 4 is 17.9 Å². The number of carbonyl (C=O) groups is 3. The third-order valence-corrected chi connectivity index (χ3v) is 12.2. The molecule has 6 nitrogen and oxygen atoms in total. The highest BCUT2D eigenvalue weighted by Crippen LogP contribution is 2.14. The molecule has 0 radical (unpaired) electrons. The summed E-state index contributed by atoms with van der Waals surface area (Å²) in [5.41, 5.74) is 0. The van der Waals surface area contributed by atoms with E-state index >= 15 is 0 Å². The number of carbonyl (C=O) groups excluding carboxylic acids is 3. The van der Waals surface area contributed by atoms with Crippen molar-refractivity contribution in [3.63, 3.8) is 0 Å². The SMILES string of the molecule is CC/C=C\C/C=C\C/C=C\C/C=C\C/C=C\C/C=C\C/C=C\CCCCCCCCCCCC(=O)OCC(COC(=O)CCCCCCC/C=C\C/C=C\CCC)OC(=O)C/C=C\C/C=C\C/C=C\C/C=C\C/C=C\CC. The molecule has 0 rings (SSSR count). The number of rotatable bonds is 53. The fourth-order valence-electron chi connectivity index (χ4n) is 7.71. The van der Waals surface area contributed by atoms with Crippen molar-refractivity contribution in [2.24, 2.45) is 0 Å². The van der Waals surface area contributed by atoms with Crippen molar-refractivity contribution in [1.29, 1.82) is 0 Å². The number of hydrogen-bond acceptors (Lipinski definition) is 6. The zero-order valence-corrected chi connectivity index (χ0v) is 49.1. The molecule has 430 valence electrons. The summed E-state index contributed by atoms with van der Waals surface area (Å²) in [6.07, 6.45) is 93.8. The number of allylic oxidation sites excluding steroid dienone is 27. The first-order chi connectivity index (χ1) is 38.0. The van der Waals surface area contributed by atoms with Gasteiger partial charge in [0.1, 0.15) is 13.2 Å². The molecule has 0 aromatic carbocycles. The predicted octanol–water partition coefficient (Wildman–Crippen LogP) is 21.1. The highest BCUT2D eigenvalue weighted by atomic mass is 16.6. The number of hydrogen-bond donors (Lipinski definition) is 0. The van der Waals surface area contributed by atoms with Gasteiger partial charge in [0, 0.05) is 12.8 Å². The molecule has 0 bridgehead atoms. The van der Waals surface area contributed by atoms with Crippen molar-refractivity contribution in [3.8, 4) is 0 Å². The van der Waals surface area contributed by atoms with Crippen LogP contribution >= 0.6 is 0 Å². The zero-order chi connectivity index (χ0) is 55.7.